The zero-order valence-corrected chi connectivity index (χ0v) is 25.5. The number of rotatable bonds is 3. The number of hydrogen-bond acceptors (Lipinski definition) is 0. The second-order valence-corrected chi connectivity index (χ2v) is 12.9. The zero-order valence-electron chi connectivity index (χ0n) is 25.5. The van der Waals surface area contributed by atoms with E-state index in [-0.39, 0.29) is 5.41 Å². The van der Waals surface area contributed by atoms with Gasteiger partial charge < -0.3 is 0 Å². The van der Waals surface area contributed by atoms with Gasteiger partial charge in [-0.2, -0.15) is 0 Å². The molecular weight excluding hydrogens is 540 g/mol. The summed E-state index contributed by atoms with van der Waals surface area (Å²) in [5, 5.41) is 7.73. The van der Waals surface area contributed by atoms with Crippen LogP contribution in [0.2, 0.25) is 0 Å². The maximum absolute atomic E-state index is 2.46. The third-order valence-corrected chi connectivity index (χ3v) is 10.0. The van der Waals surface area contributed by atoms with Gasteiger partial charge >= 0.3 is 0 Å². The second-order valence-electron chi connectivity index (χ2n) is 12.9. The number of benzene rings is 8. The molecule has 0 nitrogen and oxygen atoms in total. The highest BCUT2D eigenvalue weighted by Crippen LogP contribution is 2.52. The molecule has 0 aromatic heterocycles. The van der Waals surface area contributed by atoms with Crippen LogP contribution in [0.3, 0.4) is 0 Å². The molecule has 0 amide bonds. The fourth-order valence-corrected chi connectivity index (χ4v) is 7.83. The molecule has 1 aliphatic rings. The first kappa shape index (κ1) is 26.0. The van der Waals surface area contributed by atoms with Crippen LogP contribution in [0, 0.1) is 0 Å². The smallest absolute Gasteiger partial charge is 0.0159 e. The lowest BCUT2D eigenvalue weighted by molar-refractivity contribution is 0.661. The van der Waals surface area contributed by atoms with E-state index in [1.54, 1.807) is 0 Å². The Bertz CT molecular complexity index is 2390. The van der Waals surface area contributed by atoms with E-state index in [1.807, 2.05) is 0 Å². The summed E-state index contributed by atoms with van der Waals surface area (Å²) >= 11 is 0. The summed E-state index contributed by atoms with van der Waals surface area (Å²) in [6.45, 7) is 4.74. The first-order valence-corrected chi connectivity index (χ1v) is 15.9. The summed E-state index contributed by atoms with van der Waals surface area (Å²) in [5.74, 6) is 0. The Morgan fingerprint density at radius 2 is 0.822 bits per heavy atom. The van der Waals surface area contributed by atoms with Crippen LogP contribution in [0.1, 0.15) is 25.0 Å². The molecule has 45 heavy (non-hydrogen) atoms. The lowest BCUT2D eigenvalue weighted by atomic mass is 9.81. The summed E-state index contributed by atoms with van der Waals surface area (Å²) < 4.78 is 0. The molecule has 0 unspecified atom stereocenters. The van der Waals surface area contributed by atoms with Gasteiger partial charge in [0.1, 0.15) is 0 Å². The highest BCUT2D eigenvalue weighted by atomic mass is 14.4. The molecule has 0 saturated heterocycles. The first-order valence-electron chi connectivity index (χ1n) is 15.9. The van der Waals surface area contributed by atoms with E-state index in [0.717, 1.165) is 0 Å². The topological polar surface area (TPSA) is 0 Å². The minimum Gasteiger partial charge on any atom is -0.0622 e. The highest BCUT2D eigenvalue weighted by molar-refractivity contribution is 6.21. The molecule has 0 spiro atoms. The van der Waals surface area contributed by atoms with E-state index >= 15 is 0 Å². The van der Waals surface area contributed by atoms with Crippen molar-refractivity contribution in [2.45, 2.75) is 19.3 Å². The molecule has 0 saturated carbocycles. The van der Waals surface area contributed by atoms with Crippen LogP contribution in [0.4, 0.5) is 0 Å². The van der Waals surface area contributed by atoms with Crippen molar-refractivity contribution in [2.75, 3.05) is 0 Å². The summed E-state index contributed by atoms with van der Waals surface area (Å²) in [7, 11) is 0. The van der Waals surface area contributed by atoms with Gasteiger partial charge in [0.15, 0.2) is 0 Å². The summed E-state index contributed by atoms with van der Waals surface area (Å²) in [4.78, 5) is 0. The van der Waals surface area contributed by atoms with Gasteiger partial charge in [-0.15, -0.1) is 0 Å². The molecule has 0 atom stereocenters. The van der Waals surface area contributed by atoms with Crippen molar-refractivity contribution in [3.63, 3.8) is 0 Å². The maximum atomic E-state index is 2.46. The van der Waals surface area contributed by atoms with Gasteiger partial charge in [-0.3, -0.25) is 0 Å². The minimum atomic E-state index is -0.0506. The third-order valence-electron chi connectivity index (χ3n) is 10.0. The second kappa shape index (κ2) is 9.78. The molecule has 0 aliphatic heterocycles. The van der Waals surface area contributed by atoms with E-state index in [4.69, 9.17) is 0 Å². The normalized spacial score (nSPS) is 13.3. The van der Waals surface area contributed by atoms with E-state index in [2.05, 4.69) is 172 Å². The van der Waals surface area contributed by atoms with Crippen LogP contribution in [0.25, 0.3) is 76.8 Å². The maximum Gasteiger partial charge on any atom is 0.0159 e. The van der Waals surface area contributed by atoms with Crippen LogP contribution >= 0.6 is 0 Å². The fraction of sp³-hybridized carbons (Fsp3) is 0.0667. The molecule has 0 heteroatoms. The van der Waals surface area contributed by atoms with E-state index in [0.29, 0.717) is 0 Å². The predicted molar refractivity (Wildman–Crippen MR) is 193 cm³/mol. The Morgan fingerprint density at radius 1 is 0.333 bits per heavy atom. The van der Waals surface area contributed by atoms with Crippen molar-refractivity contribution in [1.82, 2.24) is 0 Å². The molecule has 212 valence electrons. The van der Waals surface area contributed by atoms with Gasteiger partial charge in [0.05, 0.1) is 0 Å². The first-order chi connectivity index (χ1) is 22.1. The molecule has 0 heterocycles. The molecule has 8 aromatic rings. The van der Waals surface area contributed by atoms with Crippen molar-refractivity contribution in [1.29, 1.82) is 0 Å². The van der Waals surface area contributed by atoms with Gasteiger partial charge in [-0.1, -0.05) is 147 Å². The average molecular weight is 573 g/mol. The van der Waals surface area contributed by atoms with Crippen LogP contribution in [-0.4, -0.2) is 0 Å². The minimum absolute atomic E-state index is 0.0506. The Labute approximate surface area is 264 Å². The van der Waals surface area contributed by atoms with Gasteiger partial charge in [-0.25, -0.2) is 0 Å². The molecule has 0 bridgehead atoms. The molecule has 8 aromatic carbocycles. The average Bonchev–Trinajstić information content (AvgIpc) is 3.31. The summed E-state index contributed by atoms with van der Waals surface area (Å²) in [6.07, 6.45) is 0. The Balaban J connectivity index is 1.31. The van der Waals surface area contributed by atoms with Crippen LogP contribution in [0.15, 0.2) is 158 Å². The summed E-state index contributed by atoms with van der Waals surface area (Å²) in [5.41, 5.74) is 13.1. The van der Waals surface area contributed by atoms with Crippen LogP contribution < -0.4 is 0 Å². The standard InChI is InChI=1S/C45H32/c1-45(2)41-24-23-34(27-39(41)40-26-31-15-6-7-16-32(31)28-42(40)45)44-37-21-10-8-19-35(37)43(36-20-9-11-22-38(36)44)33-18-12-17-30(25-33)29-13-4-3-5-14-29/h3-28H,1-2H3. The monoisotopic (exact) mass is 572 g/mol. The van der Waals surface area contributed by atoms with Crippen molar-refractivity contribution >= 4 is 32.3 Å². The van der Waals surface area contributed by atoms with Gasteiger partial charge in [0.25, 0.3) is 0 Å². The van der Waals surface area contributed by atoms with Crippen LogP contribution in [-0.2, 0) is 5.41 Å². The molecule has 1 aliphatic carbocycles. The Kier molecular flexibility index (Phi) is 5.64. The fourth-order valence-electron chi connectivity index (χ4n) is 7.83. The number of fused-ring (bicyclic) bond motifs is 6. The SMILES string of the molecule is CC1(C)c2ccc(-c3c4ccccc4c(-c4cccc(-c5ccccc5)c4)c4ccccc34)cc2-c2cc3ccccc3cc21. The molecule has 0 fully saturated rings. The van der Waals surface area contributed by atoms with Gasteiger partial charge in [-0.05, 0) is 112 Å². The largest absolute Gasteiger partial charge is 0.0622 e. The molecular formula is C45H32. The third kappa shape index (κ3) is 3.92. The van der Waals surface area contributed by atoms with Crippen molar-refractivity contribution in [3.8, 4) is 44.5 Å². The highest BCUT2D eigenvalue weighted by Gasteiger charge is 2.36. The van der Waals surface area contributed by atoms with Crippen molar-refractivity contribution < 1.29 is 0 Å². The van der Waals surface area contributed by atoms with E-state index in [1.165, 1.54) is 88.0 Å². The summed E-state index contributed by atoms with van der Waals surface area (Å²) in [6, 6.07) is 58.4. The molecule has 0 radical (unpaired) electrons. The lowest BCUT2D eigenvalue weighted by Crippen LogP contribution is -2.14. The predicted octanol–water partition coefficient (Wildman–Crippen LogP) is 12.5. The quantitative estimate of drug-likeness (QED) is 0.185. The van der Waals surface area contributed by atoms with Crippen molar-refractivity contribution in [3.05, 3.63) is 169 Å². The van der Waals surface area contributed by atoms with Crippen molar-refractivity contribution in [2.24, 2.45) is 0 Å². The molecule has 0 N–H and O–H groups in total. The van der Waals surface area contributed by atoms with Gasteiger partial charge in [0.2, 0.25) is 0 Å². The van der Waals surface area contributed by atoms with E-state index < -0.39 is 0 Å². The Morgan fingerprint density at radius 3 is 1.47 bits per heavy atom. The number of hydrogen-bond donors (Lipinski definition) is 0. The lowest BCUT2D eigenvalue weighted by Gasteiger charge is -2.22. The van der Waals surface area contributed by atoms with Gasteiger partial charge in [0, 0.05) is 5.41 Å². The van der Waals surface area contributed by atoms with E-state index in [9.17, 15) is 0 Å². The van der Waals surface area contributed by atoms with Crippen LogP contribution in [0.5, 0.6) is 0 Å². The zero-order chi connectivity index (χ0) is 30.1. The molecule has 9 rings (SSSR count). The Hall–Kier alpha value is -5.46.